The maximum absolute atomic E-state index is 13.8. The van der Waals surface area contributed by atoms with Gasteiger partial charge in [-0.3, -0.25) is 14.4 Å². The van der Waals surface area contributed by atoms with Crippen LogP contribution >= 0.6 is 11.8 Å². The Balaban J connectivity index is 2.16. The maximum atomic E-state index is 13.8. The molecule has 1 aliphatic rings. The van der Waals surface area contributed by atoms with E-state index < -0.39 is 34.9 Å². The second-order valence-corrected chi connectivity index (χ2v) is 9.44. The first-order valence-corrected chi connectivity index (χ1v) is 12.0. The Morgan fingerprint density at radius 1 is 1.09 bits per heavy atom. The van der Waals surface area contributed by atoms with Gasteiger partial charge in [-0.15, -0.1) is 11.8 Å². The number of rotatable bonds is 9. The van der Waals surface area contributed by atoms with Crippen LogP contribution in [0.5, 0.6) is 5.75 Å². The number of carboxylic acid groups (broad SMARTS) is 1. The Hall–Kier alpha value is -3.59. The standard InChI is InChI=1S/C26H28N2O6S/c1-16(2)24-25(31)28(22(15-35-24)19-10-12-20(34-4)13-11-19)27(17(3)29)21(23(30)26(32)33)14-18-8-6-5-7-9-18/h5-13,15-16,21,24H,14H2,1-4H3,(H,32,33)/t21-,24?/m0/s1. The molecule has 1 heterocycles. The van der Waals surface area contributed by atoms with Gasteiger partial charge in [0.1, 0.15) is 11.8 Å². The molecule has 3 rings (SSSR count). The lowest BCUT2D eigenvalue weighted by molar-refractivity contribution is -0.166. The van der Waals surface area contributed by atoms with E-state index in [0.29, 0.717) is 22.6 Å². The number of carbonyl (C=O) groups is 4. The van der Waals surface area contributed by atoms with Gasteiger partial charge in [0.25, 0.3) is 11.7 Å². The molecule has 184 valence electrons. The summed E-state index contributed by atoms with van der Waals surface area (Å²) in [5.74, 6) is -3.33. The highest BCUT2D eigenvalue weighted by atomic mass is 32.2. The third-order valence-corrected chi connectivity index (χ3v) is 7.02. The van der Waals surface area contributed by atoms with Crippen LogP contribution in [0.2, 0.25) is 0 Å². The third kappa shape index (κ3) is 5.74. The number of amides is 2. The number of nitrogens with zero attached hydrogens (tertiary/aromatic N) is 2. The zero-order chi connectivity index (χ0) is 25.7. The zero-order valence-corrected chi connectivity index (χ0v) is 20.8. The highest BCUT2D eigenvalue weighted by Crippen LogP contribution is 2.38. The van der Waals surface area contributed by atoms with Crippen molar-refractivity contribution in [3.05, 3.63) is 71.1 Å². The Labute approximate surface area is 208 Å². The fraction of sp³-hybridized carbons (Fsp3) is 0.308. The molecule has 8 nitrogen and oxygen atoms in total. The highest BCUT2D eigenvalue weighted by molar-refractivity contribution is 8.03. The van der Waals surface area contributed by atoms with Crippen molar-refractivity contribution in [1.29, 1.82) is 0 Å². The van der Waals surface area contributed by atoms with E-state index in [0.717, 1.165) is 5.01 Å². The van der Waals surface area contributed by atoms with Crippen LogP contribution in [0.15, 0.2) is 60.0 Å². The molecule has 1 aliphatic heterocycles. The SMILES string of the molecule is COc1ccc(C2=CSC(C(C)C)C(=O)N2N(C(C)=O)[C@@H](Cc2ccccc2)C(=O)C(=O)O)cc1. The van der Waals surface area contributed by atoms with Gasteiger partial charge in [0.05, 0.1) is 18.1 Å². The van der Waals surface area contributed by atoms with Crippen LogP contribution in [-0.2, 0) is 25.6 Å². The number of Topliss-reactive ketones (excluding diaryl/α,β-unsaturated/α-hetero) is 1. The normalized spacial score (nSPS) is 16.5. The van der Waals surface area contributed by atoms with Crippen LogP contribution in [0.25, 0.3) is 5.70 Å². The van der Waals surface area contributed by atoms with E-state index in [9.17, 15) is 24.3 Å². The second kappa shape index (κ2) is 11.2. The zero-order valence-electron chi connectivity index (χ0n) is 20.0. The predicted octanol–water partition coefficient (Wildman–Crippen LogP) is 3.62. The molecule has 0 aliphatic carbocycles. The average molecular weight is 497 g/mol. The summed E-state index contributed by atoms with van der Waals surface area (Å²) >= 11 is 1.33. The number of carboxylic acids is 1. The minimum atomic E-state index is -1.67. The number of ether oxygens (including phenoxy) is 1. The minimum absolute atomic E-state index is 0.0648. The fourth-order valence-corrected chi connectivity index (χ4v) is 4.91. The lowest BCUT2D eigenvalue weighted by atomic mass is 10.0. The monoisotopic (exact) mass is 496 g/mol. The van der Waals surface area contributed by atoms with Crippen molar-refractivity contribution in [2.75, 3.05) is 7.11 Å². The summed E-state index contributed by atoms with van der Waals surface area (Å²) in [7, 11) is 1.54. The van der Waals surface area contributed by atoms with Gasteiger partial charge in [-0.25, -0.2) is 14.8 Å². The van der Waals surface area contributed by atoms with Crippen LogP contribution in [0, 0.1) is 5.92 Å². The van der Waals surface area contributed by atoms with E-state index in [4.69, 9.17) is 4.74 Å². The Bertz CT molecular complexity index is 1130. The molecule has 2 aromatic carbocycles. The number of ketones is 1. The molecule has 0 aromatic heterocycles. The molecule has 0 saturated heterocycles. The van der Waals surface area contributed by atoms with E-state index in [1.807, 2.05) is 13.8 Å². The number of methoxy groups -OCH3 is 1. The lowest BCUT2D eigenvalue weighted by Crippen LogP contribution is -2.60. The van der Waals surface area contributed by atoms with Crippen LogP contribution in [0.4, 0.5) is 0 Å². The number of benzene rings is 2. The van der Waals surface area contributed by atoms with Gasteiger partial charge in [0, 0.05) is 18.9 Å². The molecule has 2 amide bonds. The van der Waals surface area contributed by atoms with Gasteiger partial charge in [-0.05, 0) is 41.2 Å². The molecule has 0 fully saturated rings. The van der Waals surface area contributed by atoms with Gasteiger partial charge in [0.2, 0.25) is 5.91 Å². The summed E-state index contributed by atoms with van der Waals surface area (Å²) in [6, 6.07) is 14.3. The number of hydrogen-bond donors (Lipinski definition) is 1. The maximum Gasteiger partial charge on any atom is 0.374 e. The predicted molar refractivity (Wildman–Crippen MR) is 133 cm³/mol. The molecule has 0 saturated carbocycles. The van der Waals surface area contributed by atoms with Crippen LogP contribution in [0.3, 0.4) is 0 Å². The molecule has 2 aromatic rings. The first kappa shape index (κ1) is 26.0. The number of carbonyl (C=O) groups excluding carboxylic acids is 3. The van der Waals surface area contributed by atoms with Gasteiger partial charge in [0.15, 0.2) is 0 Å². The topological polar surface area (TPSA) is 104 Å². The van der Waals surface area contributed by atoms with Gasteiger partial charge < -0.3 is 9.84 Å². The lowest BCUT2D eigenvalue weighted by Gasteiger charge is -2.43. The number of hydrogen-bond acceptors (Lipinski definition) is 6. The molecule has 2 atom stereocenters. The molecular formula is C26H28N2O6S. The average Bonchev–Trinajstić information content (AvgIpc) is 2.84. The van der Waals surface area contributed by atoms with Gasteiger partial charge in [-0.1, -0.05) is 44.2 Å². The molecule has 1 N–H and O–H groups in total. The molecule has 0 radical (unpaired) electrons. The quantitative estimate of drug-likeness (QED) is 0.529. The van der Waals surface area contributed by atoms with Crippen LogP contribution in [0.1, 0.15) is 31.9 Å². The smallest absolute Gasteiger partial charge is 0.374 e. The molecular weight excluding hydrogens is 468 g/mol. The summed E-state index contributed by atoms with van der Waals surface area (Å²) < 4.78 is 5.22. The van der Waals surface area contributed by atoms with E-state index in [2.05, 4.69) is 0 Å². The minimum Gasteiger partial charge on any atom is -0.497 e. The summed E-state index contributed by atoms with van der Waals surface area (Å²) in [6.45, 7) is 5.00. The van der Waals surface area contributed by atoms with Crippen molar-refractivity contribution >= 4 is 41.0 Å². The van der Waals surface area contributed by atoms with Crippen molar-refractivity contribution in [3.63, 3.8) is 0 Å². The Morgan fingerprint density at radius 2 is 1.71 bits per heavy atom. The highest BCUT2D eigenvalue weighted by Gasteiger charge is 2.44. The number of thioether (sulfide) groups is 1. The van der Waals surface area contributed by atoms with Crippen LogP contribution in [-0.4, -0.2) is 57.1 Å². The van der Waals surface area contributed by atoms with E-state index in [1.54, 1.807) is 60.0 Å². The summed E-state index contributed by atoms with van der Waals surface area (Å²) in [6.07, 6.45) is -0.0648. The molecule has 1 unspecified atom stereocenters. The fourth-order valence-electron chi connectivity index (χ4n) is 3.87. The van der Waals surface area contributed by atoms with Crippen LogP contribution < -0.4 is 4.74 Å². The number of hydrazine groups is 1. The third-order valence-electron chi connectivity index (χ3n) is 5.62. The van der Waals surface area contributed by atoms with Crippen molar-refractivity contribution in [2.45, 2.75) is 38.5 Å². The van der Waals surface area contributed by atoms with E-state index >= 15 is 0 Å². The molecule has 0 bridgehead atoms. The largest absolute Gasteiger partial charge is 0.497 e. The molecule has 35 heavy (non-hydrogen) atoms. The van der Waals surface area contributed by atoms with E-state index in [1.165, 1.54) is 30.8 Å². The summed E-state index contributed by atoms with van der Waals surface area (Å²) in [5, 5.41) is 13.0. The van der Waals surface area contributed by atoms with Gasteiger partial charge >= 0.3 is 5.97 Å². The second-order valence-electron chi connectivity index (χ2n) is 8.42. The summed E-state index contributed by atoms with van der Waals surface area (Å²) in [4.78, 5) is 51.5. The summed E-state index contributed by atoms with van der Waals surface area (Å²) in [5.41, 5.74) is 1.65. The van der Waals surface area contributed by atoms with Crippen molar-refractivity contribution < 1.29 is 29.0 Å². The first-order valence-electron chi connectivity index (χ1n) is 11.1. The molecule has 9 heteroatoms. The van der Waals surface area contributed by atoms with Crippen molar-refractivity contribution in [3.8, 4) is 5.75 Å². The number of aliphatic carboxylic acids is 1. The van der Waals surface area contributed by atoms with Crippen molar-refractivity contribution in [2.24, 2.45) is 5.92 Å². The first-order chi connectivity index (χ1) is 16.6. The Morgan fingerprint density at radius 3 is 2.23 bits per heavy atom. The Kier molecular flexibility index (Phi) is 8.34. The molecule has 0 spiro atoms. The van der Waals surface area contributed by atoms with Crippen molar-refractivity contribution in [1.82, 2.24) is 10.0 Å². The van der Waals surface area contributed by atoms with E-state index in [-0.39, 0.29) is 12.3 Å². The van der Waals surface area contributed by atoms with Gasteiger partial charge in [-0.2, -0.15) is 0 Å².